The molecule has 0 aliphatic heterocycles. The van der Waals surface area contributed by atoms with E-state index in [9.17, 15) is 4.79 Å². The van der Waals surface area contributed by atoms with Crippen molar-refractivity contribution in [1.82, 2.24) is 10.1 Å². The fraction of sp³-hybridized carbons (Fsp3) is 0.190. The van der Waals surface area contributed by atoms with Crippen LogP contribution in [0.2, 0.25) is 0 Å². The van der Waals surface area contributed by atoms with Gasteiger partial charge in [0.15, 0.2) is 6.61 Å². The highest BCUT2D eigenvalue weighted by molar-refractivity contribution is 5.81. The largest absolute Gasteiger partial charge is 0.484 e. The maximum absolute atomic E-state index is 11.8. The molecule has 4 aromatic rings. The molecule has 0 atom stereocenters. The van der Waals surface area contributed by atoms with E-state index in [4.69, 9.17) is 13.7 Å². The normalized spacial score (nSPS) is 11.0. The quantitative estimate of drug-likeness (QED) is 0.474. The highest BCUT2D eigenvalue weighted by atomic mass is 16.5. The molecule has 6 nitrogen and oxygen atoms in total. The molecule has 2 heterocycles. The Labute approximate surface area is 155 Å². The zero-order valence-electron chi connectivity index (χ0n) is 14.8. The van der Waals surface area contributed by atoms with Crippen molar-refractivity contribution in [2.75, 3.05) is 0 Å². The van der Waals surface area contributed by atoms with Gasteiger partial charge in [-0.25, -0.2) is 4.79 Å². The molecule has 2 aromatic heterocycles. The Kier molecular flexibility index (Phi) is 4.70. The number of benzene rings is 2. The Bertz CT molecular complexity index is 1120. The second kappa shape index (κ2) is 7.45. The molecule has 0 saturated heterocycles. The summed E-state index contributed by atoms with van der Waals surface area (Å²) in [6, 6.07) is 16.6. The Morgan fingerprint density at radius 1 is 1.07 bits per heavy atom. The molecule has 136 valence electrons. The van der Waals surface area contributed by atoms with E-state index in [1.807, 2.05) is 42.5 Å². The Morgan fingerprint density at radius 3 is 2.74 bits per heavy atom. The molecule has 0 saturated carbocycles. The standard InChI is InChI=1S/C21H18N2O4/c1-2-6-15-11-20(24)26-18-12-16(9-10-17(15)18)25-13-19-22-21(23-27-19)14-7-4-3-5-8-14/h3-5,7-12H,2,6,13H2,1H3. The van der Waals surface area contributed by atoms with Crippen molar-refractivity contribution < 1.29 is 13.7 Å². The molecule has 6 heteroatoms. The van der Waals surface area contributed by atoms with E-state index >= 15 is 0 Å². The Hall–Kier alpha value is -3.41. The summed E-state index contributed by atoms with van der Waals surface area (Å²) >= 11 is 0. The van der Waals surface area contributed by atoms with E-state index in [1.165, 1.54) is 0 Å². The average Bonchev–Trinajstić information content (AvgIpc) is 3.16. The van der Waals surface area contributed by atoms with Crippen LogP contribution in [0.15, 0.2) is 68.3 Å². The highest BCUT2D eigenvalue weighted by Gasteiger charge is 2.10. The van der Waals surface area contributed by atoms with Gasteiger partial charge in [0.1, 0.15) is 11.3 Å². The summed E-state index contributed by atoms with van der Waals surface area (Å²) in [5.74, 6) is 1.46. The maximum atomic E-state index is 11.8. The monoisotopic (exact) mass is 362 g/mol. The first kappa shape index (κ1) is 17.0. The Balaban J connectivity index is 1.52. The molecule has 0 N–H and O–H groups in total. The van der Waals surface area contributed by atoms with Gasteiger partial charge in [-0.1, -0.05) is 48.8 Å². The molecule has 0 aliphatic rings. The van der Waals surface area contributed by atoms with Crippen LogP contribution in [0.3, 0.4) is 0 Å². The van der Waals surface area contributed by atoms with Gasteiger partial charge in [-0.05, 0) is 24.1 Å². The van der Waals surface area contributed by atoms with Gasteiger partial charge >= 0.3 is 5.63 Å². The molecule has 2 aromatic carbocycles. The van der Waals surface area contributed by atoms with Crippen molar-refractivity contribution in [2.24, 2.45) is 0 Å². The number of nitrogens with zero attached hydrogens (tertiary/aromatic N) is 2. The fourth-order valence-corrected chi connectivity index (χ4v) is 2.94. The number of hydrogen-bond donors (Lipinski definition) is 0. The molecule has 0 spiro atoms. The lowest BCUT2D eigenvalue weighted by Gasteiger charge is -2.07. The number of ether oxygens (including phenoxy) is 1. The second-order valence-electron chi connectivity index (χ2n) is 6.17. The van der Waals surface area contributed by atoms with Crippen LogP contribution in [-0.4, -0.2) is 10.1 Å². The van der Waals surface area contributed by atoms with Crippen molar-refractivity contribution in [1.29, 1.82) is 0 Å². The third kappa shape index (κ3) is 3.74. The molecular formula is C21H18N2O4. The van der Waals surface area contributed by atoms with Gasteiger partial charge in [-0.15, -0.1) is 0 Å². The van der Waals surface area contributed by atoms with E-state index in [-0.39, 0.29) is 12.2 Å². The average molecular weight is 362 g/mol. The zero-order valence-corrected chi connectivity index (χ0v) is 14.8. The van der Waals surface area contributed by atoms with Gasteiger partial charge in [-0.2, -0.15) is 4.98 Å². The van der Waals surface area contributed by atoms with Crippen LogP contribution in [-0.2, 0) is 13.0 Å². The summed E-state index contributed by atoms with van der Waals surface area (Å²) in [5, 5.41) is 4.89. The van der Waals surface area contributed by atoms with Crippen molar-refractivity contribution in [2.45, 2.75) is 26.4 Å². The minimum absolute atomic E-state index is 0.129. The smallest absolute Gasteiger partial charge is 0.336 e. The summed E-state index contributed by atoms with van der Waals surface area (Å²) in [4.78, 5) is 16.1. The molecule has 0 unspecified atom stereocenters. The first-order chi connectivity index (χ1) is 13.2. The highest BCUT2D eigenvalue weighted by Crippen LogP contribution is 2.24. The first-order valence-electron chi connectivity index (χ1n) is 8.80. The van der Waals surface area contributed by atoms with Crippen LogP contribution in [0.4, 0.5) is 0 Å². The second-order valence-corrected chi connectivity index (χ2v) is 6.17. The Morgan fingerprint density at radius 2 is 1.93 bits per heavy atom. The van der Waals surface area contributed by atoms with Gasteiger partial charge in [-0.3, -0.25) is 0 Å². The SMILES string of the molecule is CCCc1cc(=O)oc2cc(OCc3nc(-c4ccccc4)no3)ccc12. The lowest BCUT2D eigenvalue weighted by Crippen LogP contribution is -2.01. The minimum atomic E-state index is -0.354. The molecule has 0 fully saturated rings. The van der Waals surface area contributed by atoms with Gasteiger partial charge in [0, 0.05) is 23.1 Å². The van der Waals surface area contributed by atoms with Crippen molar-refractivity contribution in [3.8, 4) is 17.1 Å². The first-order valence-corrected chi connectivity index (χ1v) is 8.80. The predicted molar refractivity (Wildman–Crippen MR) is 101 cm³/mol. The van der Waals surface area contributed by atoms with Crippen LogP contribution >= 0.6 is 0 Å². The lowest BCUT2D eigenvalue weighted by atomic mass is 10.1. The van der Waals surface area contributed by atoms with Crippen LogP contribution in [0.1, 0.15) is 24.8 Å². The minimum Gasteiger partial charge on any atom is -0.484 e. The predicted octanol–water partition coefficient (Wildman–Crippen LogP) is 4.37. The van der Waals surface area contributed by atoms with E-state index in [0.717, 1.165) is 29.4 Å². The number of fused-ring (bicyclic) bond motifs is 1. The van der Waals surface area contributed by atoms with Crippen molar-refractivity contribution >= 4 is 11.0 Å². The molecule has 27 heavy (non-hydrogen) atoms. The van der Waals surface area contributed by atoms with Crippen molar-refractivity contribution in [3.05, 3.63) is 76.5 Å². The summed E-state index contributed by atoms with van der Waals surface area (Å²) < 4.78 is 16.3. The van der Waals surface area contributed by atoms with Crippen LogP contribution < -0.4 is 10.4 Å². The summed E-state index contributed by atoms with van der Waals surface area (Å²) in [6.07, 6.45) is 1.78. The van der Waals surface area contributed by atoms with E-state index in [1.54, 1.807) is 12.1 Å². The summed E-state index contributed by atoms with van der Waals surface area (Å²) in [6.45, 7) is 2.20. The molecule has 0 bridgehead atoms. The molecular weight excluding hydrogens is 344 g/mol. The maximum Gasteiger partial charge on any atom is 0.336 e. The summed E-state index contributed by atoms with van der Waals surface area (Å²) in [5.41, 5.74) is 2.02. The zero-order chi connectivity index (χ0) is 18.6. The molecule has 0 radical (unpaired) electrons. The topological polar surface area (TPSA) is 78.4 Å². The van der Waals surface area contributed by atoms with E-state index < -0.39 is 0 Å². The van der Waals surface area contributed by atoms with Gasteiger partial charge in [0.2, 0.25) is 5.82 Å². The number of rotatable bonds is 6. The summed E-state index contributed by atoms with van der Waals surface area (Å²) in [7, 11) is 0. The van der Waals surface area contributed by atoms with Crippen LogP contribution in [0, 0.1) is 0 Å². The van der Waals surface area contributed by atoms with Gasteiger partial charge in [0.25, 0.3) is 5.89 Å². The number of aromatic nitrogens is 2. The van der Waals surface area contributed by atoms with Gasteiger partial charge in [0.05, 0.1) is 0 Å². The fourth-order valence-electron chi connectivity index (χ4n) is 2.94. The number of aryl methyl sites for hydroxylation is 1. The van der Waals surface area contributed by atoms with Crippen LogP contribution in [0.5, 0.6) is 5.75 Å². The van der Waals surface area contributed by atoms with E-state index in [0.29, 0.717) is 23.0 Å². The van der Waals surface area contributed by atoms with Gasteiger partial charge < -0.3 is 13.7 Å². The molecule has 0 amide bonds. The van der Waals surface area contributed by atoms with Crippen LogP contribution in [0.25, 0.3) is 22.4 Å². The third-order valence-corrected chi connectivity index (χ3v) is 4.18. The van der Waals surface area contributed by atoms with E-state index in [2.05, 4.69) is 17.1 Å². The molecule has 4 rings (SSSR count). The third-order valence-electron chi connectivity index (χ3n) is 4.18. The van der Waals surface area contributed by atoms with Crippen molar-refractivity contribution in [3.63, 3.8) is 0 Å². The number of hydrogen-bond acceptors (Lipinski definition) is 6. The lowest BCUT2D eigenvalue weighted by molar-refractivity contribution is 0.243. The molecule has 0 aliphatic carbocycles.